The second kappa shape index (κ2) is 7.28. The molecule has 7 nitrogen and oxygen atoms in total. The maximum Gasteiger partial charge on any atom is 0.339 e. The molecule has 1 heterocycles. The lowest BCUT2D eigenvalue weighted by molar-refractivity contribution is 0.0694. The number of rotatable bonds is 5. The number of halogens is 1. The molecule has 0 saturated heterocycles. The Morgan fingerprint density at radius 1 is 1.19 bits per heavy atom. The fourth-order valence-corrected chi connectivity index (χ4v) is 2.71. The van der Waals surface area contributed by atoms with E-state index in [2.05, 4.69) is 15.3 Å². The van der Waals surface area contributed by atoms with Crippen molar-refractivity contribution in [1.29, 1.82) is 0 Å². The Hall–Kier alpha value is -3.32. The van der Waals surface area contributed by atoms with Crippen molar-refractivity contribution >= 4 is 35.0 Å². The predicted molar refractivity (Wildman–Crippen MR) is 99.8 cm³/mol. The number of aromatic nitrogens is 2. The lowest BCUT2D eigenvalue weighted by Crippen LogP contribution is -2.03. The zero-order valence-corrected chi connectivity index (χ0v) is 14.2. The number of alkyl halides is 1. The molecular weight excluding hydrogens is 356 g/mol. The highest BCUT2D eigenvalue weighted by Gasteiger charge is 2.12. The lowest BCUT2D eigenvalue weighted by atomic mass is 10.0. The molecule has 2 aromatic carbocycles. The number of carbonyl (C=O) groups is 1. The van der Waals surface area contributed by atoms with Crippen LogP contribution in [0.25, 0.3) is 11.1 Å². The van der Waals surface area contributed by atoms with Gasteiger partial charge in [-0.3, -0.25) is 0 Å². The van der Waals surface area contributed by atoms with Crippen molar-refractivity contribution in [3.63, 3.8) is 0 Å². The number of nitrogen functional groups attached to an aromatic ring is 1. The lowest BCUT2D eigenvalue weighted by Gasteiger charge is -2.11. The van der Waals surface area contributed by atoms with E-state index in [0.29, 0.717) is 17.1 Å². The molecule has 0 unspecified atom stereocenters. The minimum atomic E-state index is -1.21. The number of nitrogens with two attached hydrogens (primary N) is 1. The first-order valence-electron chi connectivity index (χ1n) is 7.59. The molecule has 0 bridgehead atoms. The molecule has 5 N–H and O–H groups in total. The molecule has 0 spiro atoms. The van der Waals surface area contributed by atoms with E-state index >= 15 is 0 Å². The van der Waals surface area contributed by atoms with Gasteiger partial charge in [0.2, 0.25) is 5.95 Å². The molecule has 3 rings (SSSR count). The number of aromatic carboxylic acids is 1. The standard InChI is InChI=1S/C18H15ClN4O3/c19-8-10-3-1-2-4-12(10)14-9-21-18(23-16(14)20)22-11-5-6-13(17(25)26)15(24)7-11/h1-7,9,24H,8H2,(H,25,26)(H3,20,21,22,23). The summed E-state index contributed by atoms with van der Waals surface area (Å²) in [4.78, 5) is 19.4. The Bertz CT molecular complexity index is 978. The highest BCUT2D eigenvalue weighted by Crippen LogP contribution is 2.30. The van der Waals surface area contributed by atoms with Crippen LogP contribution in [0.1, 0.15) is 15.9 Å². The van der Waals surface area contributed by atoms with Crippen LogP contribution in [0.15, 0.2) is 48.7 Å². The summed E-state index contributed by atoms with van der Waals surface area (Å²) < 4.78 is 0. The van der Waals surface area contributed by atoms with Crippen molar-refractivity contribution in [3.05, 3.63) is 59.8 Å². The Morgan fingerprint density at radius 3 is 2.62 bits per heavy atom. The minimum absolute atomic E-state index is 0.191. The minimum Gasteiger partial charge on any atom is -0.507 e. The molecule has 0 radical (unpaired) electrons. The van der Waals surface area contributed by atoms with Gasteiger partial charge in [-0.2, -0.15) is 4.98 Å². The predicted octanol–water partition coefficient (Wildman–Crippen LogP) is 3.61. The van der Waals surface area contributed by atoms with Gasteiger partial charge in [0.1, 0.15) is 17.1 Å². The summed E-state index contributed by atoms with van der Waals surface area (Å²) in [5, 5.41) is 21.6. The highest BCUT2D eigenvalue weighted by atomic mass is 35.5. The number of carboxylic acid groups (broad SMARTS) is 1. The fraction of sp³-hybridized carbons (Fsp3) is 0.0556. The summed E-state index contributed by atoms with van der Waals surface area (Å²) >= 11 is 5.96. The molecule has 1 aromatic heterocycles. The average molecular weight is 371 g/mol. The first kappa shape index (κ1) is 17.5. The van der Waals surface area contributed by atoms with E-state index in [1.54, 1.807) is 6.20 Å². The van der Waals surface area contributed by atoms with E-state index in [1.165, 1.54) is 18.2 Å². The molecule has 8 heteroatoms. The third-order valence-corrected chi connectivity index (χ3v) is 4.04. The van der Waals surface area contributed by atoms with Crippen LogP contribution < -0.4 is 11.1 Å². The van der Waals surface area contributed by atoms with Crippen LogP contribution in [0.4, 0.5) is 17.5 Å². The van der Waals surface area contributed by atoms with E-state index in [9.17, 15) is 9.90 Å². The van der Waals surface area contributed by atoms with Crippen LogP contribution in [0.3, 0.4) is 0 Å². The van der Waals surface area contributed by atoms with Crippen LogP contribution in [-0.4, -0.2) is 26.2 Å². The van der Waals surface area contributed by atoms with Gasteiger partial charge >= 0.3 is 5.97 Å². The first-order chi connectivity index (χ1) is 12.5. The van der Waals surface area contributed by atoms with E-state index in [0.717, 1.165) is 11.1 Å². The van der Waals surface area contributed by atoms with Gasteiger partial charge in [-0.05, 0) is 23.3 Å². The third kappa shape index (κ3) is 3.52. The quantitative estimate of drug-likeness (QED) is 0.506. The maximum absolute atomic E-state index is 10.9. The largest absolute Gasteiger partial charge is 0.507 e. The number of hydrogen-bond acceptors (Lipinski definition) is 6. The number of carboxylic acids is 1. The Labute approximate surface area is 154 Å². The Kier molecular flexibility index (Phi) is 4.90. The van der Waals surface area contributed by atoms with Gasteiger partial charge in [0.15, 0.2) is 0 Å². The zero-order valence-electron chi connectivity index (χ0n) is 13.5. The van der Waals surface area contributed by atoms with Gasteiger partial charge in [0, 0.05) is 29.4 Å². The summed E-state index contributed by atoms with van der Waals surface area (Å²) in [7, 11) is 0. The molecule has 26 heavy (non-hydrogen) atoms. The van der Waals surface area contributed by atoms with Crippen LogP contribution in [0, 0.1) is 0 Å². The monoisotopic (exact) mass is 370 g/mol. The van der Waals surface area contributed by atoms with Crippen molar-refractivity contribution in [1.82, 2.24) is 9.97 Å². The molecule has 0 saturated carbocycles. The normalized spacial score (nSPS) is 10.5. The van der Waals surface area contributed by atoms with Crippen molar-refractivity contribution in [3.8, 4) is 16.9 Å². The van der Waals surface area contributed by atoms with Crippen molar-refractivity contribution < 1.29 is 15.0 Å². The molecule has 3 aromatic rings. The van der Waals surface area contributed by atoms with Gasteiger partial charge in [0.05, 0.1) is 0 Å². The fourth-order valence-electron chi connectivity index (χ4n) is 2.48. The summed E-state index contributed by atoms with van der Waals surface area (Å²) in [5.41, 5.74) is 8.74. The highest BCUT2D eigenvalue weighted by molar-refractivity contribution is 6.17. The van der Waals surface area contributed by atoms with E-state index in [-0.39, 0.29) is 23.1 Å². The molecule has 0 aliphatic rings. The number of nitrogens with zero attached hydrogens (tertiary/aromatic N) is 2. The van der Waals surface area contributed by atoms with Gasteiger partial charge in [0.25, 0.3) is 0 Å². The van der Waals surface area contributed by atoms with Crippen LogP contribution in [-0.2, 0) is 5.88 Å². The summed E-state index contributed by atoms with van der Waals surface area (Å²) in [5.74, 6) is -0.742. The topological polar surface area (TPSA) is 121 Å². The summed E-state index contributed by atoms with van der Waals surface area (Å²) in [6, 6.07) is 11.6. The Morgan fingerprint density at radius 2 is 1.96 bits per heavy atom. The number of phenols is 1. The van der Waals surface area contributed by atoms with Crippen LogP contribution in [0.2, 0.25) is 0 Å². The summed E-state index contributed by atoms with van der Waals surface area (Å²) in [6.07, 6.45) is 1.58. The van der Waals surface area contributed by atoms with Crippen LogP contribution in [0.5, 0.6) is 5.75 Å². The van der Waals surface area contributed by atoms with Crippen LogP contribution >= 0.6 is 11.6 Å². The Balaban J connectivity index is 1.88. The SMILES string of the molecule is Nc1nc(Nc2ccc(C(=O)O)c(O)c2)ncc1-c1ccccc1CCl. The van der Waals surface area contributed by atoms with E-state index < -0.39 is 5.97 Å². The van der Waals surface area contributed by atoms with Gasteiger partial charge in [-0.1, -0.05) is 24.3 Å². The third-order valence-electron chi connectivity index (χ3n) is 3.75. The van der Waals surface area contributed by atoms with Gasteiger partial charge < -0.3 is 21.3 Å². The molecule has 0 amide bonds. The number of nitrogens with one attached hydrogen (secondary N) is 1. The molecule has 132 valence electrons. The molecule has 0 atom stereocenters. The number of hydrogen-bond donors (Lipinski definition) is 4. The molecular formula is C18H15ClN4O3. The van der Waals surface area contributed by atoms with Gasteiger partial charge in [-0.15, -0.1) is 11.6 Å². The zero-order chi connectivity index (χ0) is 18.7. The second-order valence-corrected chi connectivity index (χ2v) is 5.71. The number of anilines is 3. The first-order valence-corrected chi connectivity index (χ1v) is 8.13. The maximum atomic E-state index is 10.9. The number of benzene rings is 2. The summed E-state index contributed by atoms with van der Waals surface area (Å²) in [6.45, 7) is 0. The second-order valence-electron chi connectivity index (χ2n) is 5.45. The average Bonchev–Trinajstić information content (AvgIpc) is 2.61. The van der Waals surface area contributed by atoms with Crippen molar-refractivity contribution in [2.75, 3.05) is 11.1 Å². The van der Waals surface area contributed by atoms with E-state index in [1.807, 2.05) is 24.3 Å². The van der Waals surface area contributed by atoms with Crippen molar-refractivity contribution in [2.24, 2.45) is 0 Å². The van der Waals surface area contributed by atoms with Gasteiger partial charge in [-0.25, -0.2) is 9.78 Å². The van der Waals surface area contributed by atoms with Crippen molar-refractivity contribution in [2.45, 2.75) is 5.88 Å². The van der Waals surface area contributed by atoms with E-state index in [4.69, 9.17) is 22.4 Å². The molecule has 0 aliphatic heterocycles. The number of aromatic hydroxyl groups is 1. The molecule has 0 fully saturated rings. The molecule has 0 aliphatic carbocycles. The smallest absolute Gasteiger partial charge is 0.339 e.